The monoisotopic (exact) mass is 491 g/mol. The lowest BCUT2D eigenvalue weighted by molar-refractivity contribution is 0.0965. The Morgan fingerprint density at radius 2 is 2.00 bits per heavy atom. The van der Waals surface area contributed by atoms with Crippen LogP contribution in [0.1, 0.15) is 34.0 Å². The second kappa shape index (κ2) is 9.84. The van der Waals surface area contributed by atoms with E-state index in [1.54, 1.807) is 37.6 Å². The van der Waals surface area contributed by atoms with Crippen LogP contribution in [0.5, 0.6) is 5.75 Å². The number of carbonyl (C=O) groups excluding carboxylic acids is 2. The van der Waals surface area contributed by atoms with Crippen molar-refractivity contribution in [1.29, 1.82) is 0 Å². The number of rotatable bonds is 5. The van der Waals surface area contributed by atoms with Crippen LogP contribution in [-0.2, 0) is 6.54 Å². The minimum absolute atomic E-state index is 0.0264. The second-order valence-corrected chi connectivity index (χ2v) is 9.14. The fourth-order valence-electron chi connectivity index (χ4n) is 4.67. The Bertz CT molecular complexity index is 1230. The van der Waals surface area contributed by atoms with Crippen molar-refractivity contribution < 1.29 is 14.3 Å². The molecule has 0 bridgehead atoms. The summed E-state index contributed by atoms with van der Waals surface area (Å²) in [6, 6.07) is 16.4. The smallest absolute Gasteiger partial charge is 0.319 e. The summed E-state index contributed by atoms with van der Waals surface area (Å²) in [6.45, 7) is 1.98. The van der Waals surface area contributed by atoms with Gasteiger partial charge in [0.25, 0.3) is 5.91 Å². The fourth-order valence-corrected chi connectivity index (χ4v) is 4.80. The van der Waals surface area contributed by atoms with Gasteiger partial charge in [0.15, 0.2) is 0 Å². The highest BCUT2D eigenvalue weighted by Gasteiger charge is 2.33. The van der Waals surface area contributed by atoms with E-state index in [-0.39, 0.29) is 23.9 Å². The first-order chi connectivity index (χ1) is 17.0. The van der Waals surface area contributed by atoms with Crippen molar-refractivity contribution in [2.24, 2.45) is 0 Å². The standard InChI is InChI=1S/C26H26ClN5O3/c1-35-20-7-9-23(28-14-20)22-15-32(19-6-8-21-16(12-19)13-29-25(21)33)11-10-24(22)31-26(34)30-18-4-2-17(27)3-5-18/h2-9,12,14,22,24H,10-11,13,15H2,1H3,(H,29,33)(H2,30,31,34)/t22-,24+/m0/s1. The molecule has 8 nitrogen and oxygen atoms in total. The molecule has 3 heterocycles. The Balaban J connectivity index is 1.35. The second-order valence-electron chi connectivity index (χ2n) is 8.70. The number of aromatic nitrogens is 1. The lowest BCUT2D eigenvalue weighted by Gasteiger charge is -2.40. The lowest BCUT2D eigenvalue weighted by atomic mass is 9.88. The molecule has 5 rings (SSSR count). The SMILES string of the molecule is COc1ccc([C@@H]2CN(c3ccc4c(c3)CNC4=O)CC[C@H]2NC(=O)Nc2ccc(Cl)cc2)nc1. The van der Waals surface area contributed by atoms with E-state index in [9.17, 15) is 9.59 Å². The number of urea groups is 1. The van der Waals surface area contributed by atoms with Gasteiger partial charge in [-0.1, -0.05) is 11.6 Å². The molecule has 180 valence electrons. The van der Waals surface area contributed by atoms with Gasteiger partial charge in [-0.25, -0.2) is 4.79 Å². The van der Waals surface area contributed by atoms with Gasteiger partial charge in [-0.2, -0.15) is 0 Å². The predicted octanol–water partition coefficient (Wildman–Crippen LogP) is 4.17. The highest BCUT2D eigenvalue weighted by molar-refractivity contribution is 6.30. The third-order valence-corrected chi connectivity index (χ3v) is 6.80. The number of amides is 3. The van der Waals surface area contributed by atoms with Crippen molar-refractivity contribution in [3.8, 4) is 5.75 Å². The molecule has 3 N–H and O–H groups in total. The topological polar surface area (TPSA) is 95.6 Å². The number of nitrogens with zero attached hydrogens (tertiary/aromatic N) is 2. The molecule has 0 saturated carbocycles. The van der Waals surface area contributed by atoms with Crippen LogP contribution >= 0.6 is 11.6 Å². The molecule has 3 aromatic rings. The largest absolute Gasteiger partial charge is 0.495 e. The number of ether oxygens (including phenoxy) is 1. The number of nitrogens with one attached hydrogen (secondary N) is 3. The molecule has 2 atom stereocenters. The molecule has 0 aliphatic carbocycles. The number of carbonyl (C=O) groups is 2. The van der Waals surface area contributed by atoms with Crippen molar-refractivity contribution >= 4 is 34.9 Å². The minimum atomic E-state index is -0.272. The molecule has 2 aliphatic heterocycles. The van der Waals surface area contributed by atoms with Gasteiger partial charge in [0.05, 0.1) is 13.3 Å². The molecule has 1 fully saturated rings. The Labute approximate surface area is 208 Å². The zero-order valence-corrected chi connectivity index (χ0v) is 20.0. The van der Waals surface area contributed by atoms with E-state index in [4.69, 9.17) is 16.3 Å². The molecule has 0 spiro atoms. The van der Waals surface area contributed by atoms with Crippen LogP contribution in [0.15, 0.2) is 60.8 Å². The van der Waals surface area contributed by atoms with E-state index in [1.165, 1.54) is 0 Å². The average molecular weight is 492 g/mol. The van der Waals surface area contributed by atoms with Crippen molar-refractivity contribution in [2.45, 2.75) is 24.9 Å². The molecular formula is C26H26ClN5O3. The first kappa shape index (κ1) is 23.0. The normalized spacial score (nSPS) is 19.0. The van der Waals surface area contributed by atoms with Crippen LogP contribution in [0.25, 0.3) is 0 Å². The van der Waals surface area contributed by atoms with Crippen molar-refractivity contribution in [1.82, 2.24) is 15.6 Å². The van der Waals surface area contributed by atoms with Gasteiger partial charge < -0.3 is 25.6 Å². The molecule has 3 amide bonds. The van der Waals surface area contributed by atoms with Gasteiger partial charge in [0.1, 0.15) is 5.75 Å². The predicted molar refractivity (Wildman–Crippen MR) is 135 cm³/mol. The first-order valence-electron chi connectivity index (χ1n) is 11.5. The highest BCUT2D eigenvalue weighted by Crippen LogP contribution is 2.32. The maximum atomic E-state index is 12.8. The zero-order chi connectivity index (χ0) is 24.4. The van der Waals surface area contributed by atoms with Crippen molar-refractivity contribution in [2.75, 3.05) is 30.4 Å². The molecule has 0 radical (unpaired) electrons. The summed E-state index contributed by atoms with van der Waals surface area (Å²) in [5.41, 5.74) is 4.35. The summed E-state index contributed by atoms with van der Waals surface area (Å²) in [6.07, 6.45) is 2.44. The molecule has 1 saturated heterocycles. The molecule has 2 aromatic carbocycles. The van der Waals surface area contributed by atoms with Gasteiger partial charge in [-0.05, 0) is 66.6 Å². The van der Waals surface area contributed by atoms with Gasteiger partial charge >= 0.3 is 6.03 Å². The number of hydrogen-bond donors (Lipinski definition) is 3. The fraction of sp³-hybridized carbons (Fsp3) is 0.269. The Hall–Kier alpha value is -3.78. The number of halogens is 1. The van der Waals surface area contributed by atoms with Crippen LogP contribution in [0.4, 0.5) is 16.2 Å². The van der Waals surface area contributed by atoms with Crippen LogP contribution in [0.3, 0.4) is 0 Å². The van der Waals surface area contributed by atoms with Gasteiger partial charge in [0, 0.05) is 59.2 Å². The summed E-state index contributed by atoms with van der Waals surface area (Å²) in [5, 5.41) is 9.51. The molecular weight excluding hydrogens is 466 g/mol. The average Bonchev–Trinajstić information content (AvgIpc) is 3.25. The summed E-state index contributed by atoms with van der Waals surface area (Å²) < 4.78 is 5.27. The van der Waals surface area contributed by atoms with Crippen LogP contribution in [-0.4, -0.2) is 43.2 Å². The van der Waals surface area contributed by atoms with Gasteiger partial charge in [0.2, 0.25) is 0 Å². The maximum Gasteiger partial charge on any atom is 0.319 e. The van der Waals surface area contributed by atoms with Gasteiger partial charge in [-0.15, -0.1) is 0 Å². The van der Waals surface area contributed by atoms with Crippen LogP contribution in [0, 0.1) is 0 Å². The van der Waals surface area contributed by atoms with E-state index in [0.29, 0.717) is 29.5 Å². The highest BCUT2D eigenvalue weighted by atomic mass is 35.5. The third-order valence-electron chi connectivity index (χ3n) is 6.54. The molecule has 35 heavy (non-hydrogen) atoms. The molecule has 9 heteroatoms. The zero-order valence-electron chi connectivity index (χ0n) is 19.3. The maximum absolute atomic E-state index is 12.8. The van der Waals surface area contributed by atoms with Crippen LogP contribution < -0.4 is 25.6 Å². The van der Waals surface area contributed by atoms with Crippen LogP contribution in [0.2, 0.25) is 5.02 Å². The number of pyridine rings is 1. The van der Waals surface area contributed by atoms with E-state index >= 15 is 0 Å². The van der Waals surface area contributed by atoms with E-state index in [1.807, 2.05) is 24.3 Å². The molecule has 0 unspecified atom stereocenters. The van der Waals surface area contributed by atoms with E-state index in [0.717, 1.165) is 35.5 Å². The minimum Gasteiger partial charge on any atom is -0.495 e. The first-order valence-corrected chi connectivity index (χ1v) is 11.9. The van der Waals surface area contributed by atoms with Gasteiger partial charge in [-0.3, -0.25) is 9.78 Å². The number of piperidine rings is 1. The molecule has 2 aliphatic rings. The summed E-state index contributed by atoms with van der Waals surface area (Å²) >= 11 is 5.95. The number of benzene rings is 2. The summed E-state index contributed by atoms with van der Waals surface area (Å²) in [5.74, 6) is 0.613. The number of anilines is 2. The quantitative estimate of drug-likeness (QED) is 0.498. The summed E-state index contributed by atoms with van der Waals surface area (Å²) in [4.78, 5) is 31.7. The van der Waals surface area contributed by atoms with E-state index in [2.05, 4.69) is 31.9 Å². The third kappa shape index (κ3) is 5.02. The number of fused-ring (bicyclic) bond motifs is 1. The number of methoxy groups -OCH3 is 1. The lowest BCUT2D eigenvalue weighted by Crippen LogP contribution is -2.51. The Morgan fingerprint density at radius 1 is 1.17 bits per heavy atom. The Morgan fingerprint density at radius 3 is 2.74 bits per heavy atom. The number of hydrogen-bond acceptors (Lipinski definition) is 5. The Kier molecular flexibility index (Phi) is 6.46. The molecule has 1 aromatic heterocycles. The van der Waals surface area contributed by atoms with E-state index < -0.39 is 0 Å². The van der Waals surface area contributed by atoms with Crippen molar-refractivity contribution in [3.63, 3.8) is 0 Å². The summed E-state index contributed by atoms with van der Waals surface area (Å²) in [7, 11) is 1.61. The van der Waals surface area contributed by atoms with Crippen molar-refractivity contribution in [3.05, 3.63) is 82.6 Å².